The number of amides is 1. The highest BCUT2D eigenvalue weighted by molar-refractivity contribution is 5.94. The van der Waals surface area contributed by atoms with Gasteiger partial charge in [0.25, 0.3) is 5.91 Å². The van der Waals surface area contributed by atoms with E-state index < -0.39 is 23.5 Å². The Kier molecular flexibility index (Phi) is 6.17. The number of benzene rings is 1. The number of halogens is 4. The van der Waals surface area contributed by atoms with Crippen LogP contribution in [0.1, 0.15) is 35.2 Å². The number of rotatable bonds is 5. The van der Waals surface area contributed by atoms with Gasteiger partial charge < -0.3 is 15.4 Å². The van der Waals surface area contributed by atoms with Crippen LogP contribution in [0.3, 0.4) is 0 Å². The van der Waals surface area contributed by atoms with Gasteiger partial charge in [0.2, 0.25) is 0 Å². The second-order valence-electron chi connectivity index (χ2n) is 5.73. The van der Waals surface area contributed by atoms with Crippen molar-refractivity contribution in [1.82, 2.24) is 4.90 Å². The van der Waals surface area contributed by atoms with Crippen molar-refractivity contribution >= 4 is 5.91 Å². The van der Waals surface area contributed by atoms with Gasteiger partial charge in [-0.25, -0.2) is 4.39 Å². The lowest BCUT2D eigenvalue weighted by Crippen LogP contribution is -2.41. The minimum Gasteiger partial charge on any atom is -0.378 e. The molecular weight excluding hydrogens is 328 g/mol. The van der Waals surface area contributed by atoms with Gasteiger partial charge in [0.05, 0.1) is 11.7 Å². The molecule has 0 aromatic heterocycles. The fourth-order valence-corrected chi connectivity index (χ4v) is 2.62. The highest BCUT2D eigenvalue weighted by atomic mass is 19.4. The van der Waals surface area contributed by atoms with E-state index in [1.807, 2.05) is 0 Å². The highest BCUT2D eigenvalue weighted by Gasteiger charge is 2.33. The van der Waals surface area contributed by atoms with Crippen molar-refractivity contribution in [2.75, 3.05) is 26.2 Å². The number of likely N-dealkylation sites (tertiary alicyclic amines) is 1. The normalized spacial score (nSPS) is 16.5. The summed E-state index contributed by atoms with van der Waals surface area (Å²) < 4.78 is 57.2. The Balaban J connectivity index is 1.99. The van der Waals surface area contributed by atoms with Crippen LogP contribution in [0.5, 0.6) is 0 Å². The minimum absolute atomic E-state index is 0.0128. The Labute approximate surface area is 137 Å². The van der Waals surface area contributed by atoms with Crippen molar-refractivity contribution in [2.45, 2.75) is 31.5 Å². The molecular formula is C16H20F4N2O2. The summed E-state index contributed by atoms with van der Waals surface area (Å²) in [6.07, 6.45) is -2.74. The zero-order valence-electron chi connectivity index (χ0n) is 13.1. The van der Waals surface area contributed by atoms with Crippen molar-refractivity contribution in [1.29, 1.82) is 0 Å². The number of nitrogens with zero attached hydrogens (tertiary/aromatic N) is 1. The van der Waals surface area contributed by atoms with E-state index in [9.17, 15) is 22.4 Å². The van der Waals surface area contributed by atoms with Crippen LogP contribution < -0.4 is 5.73 Å². The summed E-state index contributed by atoms with van der Waals surface area (Å²) in [6, 6.07) is 1.91. The van der Waals surface area contributed by atoms with E-state index >= 15 is 0 Å². The molecule has 8 heteroatoms. The van der Waals surface area contributed by atoms with E-state index in [1.165, 1.54) is 4.90 Å². The Morgan fingerprint density at radius 1 is 1.25 bits per heavy atom. The fraction of sp³-hybridized carbons (Fsp3) is 0.562. The van der Waals surface area contributed by atoms with Gasteiger partial charge in [-0.15, -0.1) is 0 Å². The number of alkyl halides is 3. The molecule has 0 aliphatic carbocycles. The van der Waals surface area contributed by atoms with Gasteiger partial charge in [-0.05, 0) is 44.0 Å². The van der Waals surface area contributed by atoms with Crippen molar-refractivity contribution < 1.29 is 27.1 Å². The van der Waals surface area contributed by atoms with E-state index in [-0.39, 0.29) is 11.7 Å². The standard InChI is InChI=1S/C16H20F4N2O2/c17-13-9-11(8-12(10-13)16(18,19)20)15(23)22-5-2-14(3-6-22)24-7-1-4-21/h8-10,14H,1-7,21H2. The summed E-state index contributed by atoms with van der Waals surface area (Å²) in [5.41, 5.74) is 3.93. The van der Waals surface area contributed by atoms with Gasteiger partial charge in [-0.1, -0.05) is 0 Å². The molecule has 1 heterocycles. The van der Waals surface area contributed by atoms with E-state index in [0.717, 1.165) is 12.5 Å². The Hall–Kier alpha value is -1.67. The van der Waals surface area contributed by atoms with E-state index in [0.29, 0.717) is 51.2 Å². The fourth-order valence-electron chi connectivity index (χ4n) is 2.62. The number of hydrogen-bond acceptors (Lipinski definition) is 3. The van der Waals surface area contributed by atoms with Gasteiger partial charge in [-0.3, -0.25) is 4.79 Å². The molecule has 1 aliphatic rings. The number of carbonyl (C=O) groups is 1. The summed E-state index contributed by atoms with van der Waals surface area (Å²) >= 11 is 0. The molecule has 0 unspecified atom stereocenters. The minimum atomic E-state index is -4.69. The van der Waals surface area contributed by atoms with Crippen LogP contribution in [-0.2, 0) is 10.9 Å². The summed E-state index contributed by atoms with van der Waals surface area (Å²) in [6.45, 7) is 1.82. The van der Waals surface area contributed by atoms with Gasteiger partial charge in [-0.2, -0.15) is 13.2 Å². The molecule has 1 aliphatic heterocycles. The van der Waals surface area contributed by atoms with Crippen LogP contribution in [0.25, 0.3) is 0 Å². The van der Waals surface area contributed by atoms with Crippen molar-refractivity contribution in [3.63, 3.8) is 0 Å². The lowest BCUT2D eigenvalue weighted by atomic mass is 10.0. The zero-order valence-corrected chi connectivity index (χ0v) is 13.1. The van der Waals surface area contributed by atoms with Crippen LogP contribution >= 0.6 is 0 Å². The first-order valence-electron chi connectivity index (χ1n) is 7.80. The van der Waals surface area contributed by atoms with Crippen LogP contribution in [0.2, 0.25) is 0 Å². The third-order valence-corrected chi connectivity index (χ3v) is 3.90. The quantitative estimate of drug-likeness (QED) is 0.658. The highest BCUT2D eigenvalue weighted by Crippen LogP contribution is 2.31. The third kappa shape index (κ3) is 4.91. The Morgan fingerprint density at radius 3 is 2.50 bits per heavy atom. The smallest absolute Gasteiger partial charge is 0.378 e. The summed E-state index contributed by atoms with van der Waals surface area (Å²) in [7, 11) is 0. The average Bonchev–Trinajstić information content (AvgIpc) is 2.54. The second-order valence-corrected chi connectivity index (χ2v) is 5.73. The lowest BCUT2D eigenvalue weighted by molar-refractivity contribution is -0.137. The van der Waals surface area contributed by atoms with Crippen molar-refractivity contribution in [3.8, 4) is 0 Å². The topological polar surface area (TPSA) is 55.6 Å². The Bertz CT molecular complexity index is 570. The number of nitrogens with two attached hydrogens (primary N) is 1. The predicted molar refractivity (Wildman–Crippen MR) is 80.0 cm³/mol. The third-order valence-electron chi connectivity index (χ3n) is 3.90. The molecule has 0 spiro atoms. The first-order chi connectivity index (χ1) is 11.3. The van der Waals surface area contributed by atoms with E-state index in [4.69, 9.17) is 10.5 Å². The number of piperidine rings is 1. The SMILES string of the molecule is NCCCOC1CCN(C(=O)c2cc(F)cc(C(F)(F)F)c2)CC1. The maximum atomic E-state index is 13.4. The van der Waals surface area contributed by atoms with E-state index in [1.54, 1.807) is 0 Å². The maximum Gasteiger partial charge on any atom is 0.416 e. The van der Waals surface area contributed by atoms with Gasteiger partial charge in [0.15, 0.2) is 0 Å². The first-order valence-corrected chi connectivity index (χ1v) is 7.80. The monoisotopic (exact) mass is 348 g/mol. The summed E-state index contributed by atoms with van der Waals surface area (Å²) in [5, 5.41) is 0. The lowest BCUT2D eigenvalue weighted by Gasteiger charge is -2.32. The Morgan fingerprint density at radius 2 is 1.92 bits per heavy atom. The molecule has 1 aromatic rings. The molecule has 0 radical (unpaired) electrons. The predicted octanol–water partition coefficient (Wildman–Crippen LogP) is 2.81. The van der Waals surface area contributed by atoms with Gasteiger partial charge in [0.1, 0.15) is 5.82 Å². The molecule has 0 bridgehead atoms. The van der Waals surface area contributed by atoms with E-state index in [2.05, 4.69) is 0 Å². The molecule has 1 aromatic carbocycles. The van der Waals surface area contributed by atoms with Gasteiger partial charge in [0, 0.05) is 25.3 Å². The molecule has 4 nitrogen and oxygen atoms in total. The molecule has 134 valence electrons. The molecule has 1 saturated heterocycles. The molecule has 24 heavy (non-hydrogen) atoms. The molecule has 0 saturated carbocycles. The number of carbonyl (C=O) groups excluding carboxylic acids is 1. The molecule has 0 atom stereocenters. The summed E-state index contributed by atoms with van der Waals surface area (Å²) in [4.78, 5) is 13.8. The first kappa shape index (κ1) is 18.7. The largest absolute Gasteiger partial charge is 0.416 e. The molecule has 2 rings (SSSR count). The van der Waals surface area contributed by atoms with Crippen LogP contribution in [-0.4, -0.2) is 43.2 Å². The summed E-state index contributed by atoms with van der Waals surface area (Å²) in [5.74, 6) is -1.67. The van der Waals surface area contributed by atoms with Crippen LogP contribution in [0.15, 0.2) is 18.2 Å². The molecule has 1 fully saturated rings. The zero-order chi connectivity index (χ0) is 17.7. The number of hydrogen-bond donors (Lipinski definition) is 1. The van der Waals surface area contributed by atoms with Crippen molar-refractivity contribution in [3.05, 3.63) is 35.1 Å². The van der Waals surface area contributed by atoms with Crippen LogP contribution in [0.4, 0.5) is 17.6 Å². The van der Waals surface area contributed by atoms with Gasteiger partial charge >= 0.3 is 6.18 Å². The maximum absolute atomic E-state index is 13.4. The number of ether oxygens (including phenoxy) is 1. The van der Waals surface area contributed by atoms with Crippen LogP contribution in [0, 0.1) is 5.82 Å². The average molecular weight is 348 g/mol. The van der Waals surface area contributed by atoms with Crippen molar-refractivity contribution in [2.24, 2.45) is 5.73 Å². The second kappa shape index (κ2) is 7.94. The molecule has 1 amide bonds. The molecule has 2 N–H and O–H groups in total.